The van der Waals surface area contributed by atoms with Gasteiger partial charge in [-0.15, -0.1) is 0 Å². The summed E-state index contributed by atoms with van der Waals surface area (Å²) in [6.45, 7) is 3.40. The Kier molecular flexibility index (Phi) is 5.66. The van der Waals surface area contributed by atoms with Crippen LogP contribution < -0.4 is 5.32 Å². The van der Waals surface area contributed by atoms with Gasteiger partial charge in [0.15, 0.2) is 5.78 Å². The molecule has 0 saturated heterocycles. The van der Waals surface area contributed by atoms with E-state index in [1.54, 1.807) is 53.3 Å². The first-order valence-electron chi connectivity index (χ1n) is 11.0. The van der Waals surface area contributed by atoms with E-state index in [1.165, 1.54) is 19.1 Å². The average Bonchev–Trinajstić information content (AvgIpc) is 3.25. The molecule has 2 aromatic heterocycles. The molecule has 0 unspecified atom stereocenters. The van der Waals surface area contributed by atoms with Crippen molar-refractivity contribution in [2.45, 2.75) is 13.8 Å². The highest BCUT2D eigenvalue weighted by atomic mass is 19.1. The molecule has 0 aliphatic heterocycles. The van der Waals surface area contributed by atoms with Gasteiger partial charge < -0.3 is 5.32 Å². The molecule has 1 N–H and O–H groups in total. The number of ketones is 1. The maximum atomic E-state index is 13.4. The van der Waals surface area contributed by atoms with Crippen molar-refractivity contribution in [2.24, 2.45) is 0 Å². The number of fused-ring (bicyclic) bond motifs is 1. The molecule has 0 aliphatic rings. The third-order valence-electron chi connectivity index (χ3n) is 5.87. The Labute approximate surface area is 201 Å². The summed E-state index contributed by atoms with van der Waals surface area (Å²) in [5.41, 5.74) is 5.21. The maximum absolute atomic E-state index is 13.4. The topological polar surface area (TPSA) is 76.9 Å². The van der Waals surface area contributed by atoms with Gasteiger partial charge in [-0.3, -0.25) is 9.59 Å². The highest BCUT2D eigenvalue weighted by Gasteiger charge is 2.17. The van der Waals surface area contributed by atoms with Gasteiger partial charge in [-0.1, -0.05) is 18.2 Å². The number of hydrogen-bond acceptors (Lipinski definition) is 4. The Morgan fingerprint density at radius 2 is 1.66 bits per heavy atom. The fraction of sp³-hybridized carbons (Fsp3) is 0.0714. The van der Waals surface area contributed by atoms with Gasteiger partial charge in [-0.05, 0) is 74.5 Å². The van der Waals surface area contributed by atoms with E-state index >= 15 is 0 Å². The second-order valence-electron chi connectivity index (χ2n) is 8.19. The summed E-state index contributed by atoms with van der Waals surface area (Å²) in [5.74, 6) is -0.644. The lowest BCUT2D eigenvalue weighted by Crippen LogP contribution is -2.13. The van der Waals surface area contributed by atoms with Crippen molar-refractivity contribution in [1.29, 1.82) is 0 Å². The number of nitrogens with one attached hydrogen (secondary N) is 1. The largest absolute Gasteiger partial charge is 0.322 e. The van der Waals surface area contributed by atoms with Gasteiger partial charge >= 0.3 is 0 Å². The first-order chi connectivity index (χ1) is 16.9. The summed E-state index contributed by atoms with van der Waals surface area (Å²) in [4.78, 5) is 29.6. The van der Waals surface area contributed by atoms with E-state index in [4.69, 9.17) is 4.98 Å². The fourth-order valence-corrected chi connectivity index (χ4v) is 3.99. The van der Waals surface area contributed by atoms with Crippen LogP contribution in [0.3, 0.4) is 0 Å². The number of rotatable bonds is 5. The molecule has 0 radical (unpaired) electrons. The number of para-hydroxylation sites is 1. The number of Topliss-reactive ketones (excluding diaryl/α,β-unsaturated/α-hetero) is 1. The lowest BCUT2D eigenvalue weighted by molar-refractivity contribution is 0.101. The van der Waals surface area contributed by atoms with E-state index in [1.807, 2.05) is 31.2 Å². The highest BCUT2D eigenvalue weighted by Crippen LogP contribution is 2.29. The minimum absolute atomic E-state index is 0.0378. The second kappa shape index (κ2) is 8.95. The summed E-state index contributed by atoms with van der Waals surface area (Å²) in [6, 6.07) is 22.0. The Balaban J connectivity index is 1.55. The molecule has 0 spiro atoms. The molecule has 7 heteroatoms. The van der Waals surface area contributed by atoms with Crippen LogP contribution in [-0.2, 0) is 0 Å². The third kappa shape index (κ3) is 4.31. The molecule has 0 atom stereocenters. The maximum Gasteiger partial charge on any atom is 0.256 e. The normalized spacial score (nSPS) is 10.9. The van der Waals surface area contributed by atoms with Gasteiger partial charge in [0, 0.05) is 22.2 Å². The Morgan fingerprint density at radius 3 is 2.37 bits per heavy atom. The second-order valence-corrected chi connectivity index (χ2v) is 8.19. The van der Waals surface area contributed by atoms with Crippen LogP contribution in [0.4, 0.5) is 10.1 Å². The molecule has 5 aromatic rings. The minimum atomic E-state index is -0.318. The van der Waals surface area contributed by atoms with E-state index in [0.717, 1.165) is 22.3 Å². The lowest BCUT2D eigenvalue weighted by Gasteiger charge is -2.11. The standard InChI is InChI=1S/C28H21FN4O2/c1-17-25(16-30-33(17)22-13-9-20(29)10-14-22)27-15-24(23-5-3-4-6-26(23)32-27)28(35)31-21-11-7-19(8-12-21)18(2)34/h3-16H,1-2H3,(H,31,35). The number of carbonyl (C=O) groups is 2. The van der Waals surface area contributed by atoms with Crippen LogP contribution in [0.15, 0.2) is 85.1 Å². The van der Waals surface area contributed by atoms with Gasteiger partial charge in [0.1, 0.15) is 5.82 Å². The van der Waals surface area contributed by atoms with Crippen LogP contribution in [-0.4, -0.2) is 26.5 Å². The summed E-state index contributed by atoms with van der Waals surface area (Å²) in [5, 5.41) is 8.09. The first kappa shape index (κ1) is 22.2. The van der Waals surface area contributed by atoms with Crippen LogP contribution in [0.2, 0.25) is 0 Å². The van der Waals surface area contributed by atoms with Crippen molar-refractivity contribution in [2.75, 3.05) is 5.32 Å². The van der Waals surface area contributed by atoms with Crippen molar-refractivity contribution >= 4 is 28.3 Å². The zero-order chi connectivity index (χ0) is 24.5. The monoisotopic (exact) mass is 464 g/mol. The number of pyridine rings is 1. The predicted octanol–water partition coefficient (Wildman–Crippen LogP) is 5.99. The molecule has 172 valence electrons. The van der Waals surface area contributed by atoms with Crippen LogP contribution in [0.1, 0.15) is 33.3 Å². The molecule has 0 aliphatic carbocycles. The van der Waals surface area contributed by atoms with E-state index in [2.05, 4.69) is 10.4 Å². The number of hydrogen-bond donors (Lipinski definition) is 1. The van der Waals surface area contributed by atoms with Crippen molar-refractivity contribution in [3.63, 3.8) is 0 Å². The molecule has 35 heavy (non-hydrogen) atoms. The number of amides is 1. The molecule has 6 nitrogen and oxygen atoms in total. The summed E-state index contributed by atoms with van der Waals surface area (Å²) in [6.07, 6.45) is 1.69. The fourth-order valence-electron chi connectivity index (χ4n) is 3.99. The Morgan fingerprint density at radius 1 is 0.943 bits per heavy atom. The SMILES string of the molecule is CC(=O)c1ccc(NC(=O)c2cc(-c3cnn(-c4ccc(F)cc4)c3C)nc3ccccc23)cc1. The van der Waals surface area contributed by atoms with Crippen molar-refractivity contribution in [3.8, 4) is 16.9 Å². The number of nitrogens with zero attached hydrogens (tertiary/aromatic N) is 3. The zero-order valence-corrected chi connectivity index (χ0v) is 19.1. The van der Waals surface area contributed by atoms with Gasteiger partial charge in [0.2, 0.25) is 0 Å². The van der Waals surface area contributed by atoms with E-state index in [-0.39, 0.29) is 17.5 Å². The smallest absolute Gasteiger partial charge is 0.256 e. The summed E-state index contributed by atoms with van der Waals surface area (Å²) >= 11 is 0. The minimum Gasteiger partial charge on any atom is -0.322 e. The van der Waals surface area contributed by atoms with Crippen molar-refractivity contribution in [1.82, 2.24) is 14.8 Å². The zero-order valence-electron chi connectivity index (χ0n) is 19.1. The lowest BCUT2D eigenvalue weighted by atomic mass is 10.0. The van der Waals surface area contributed by atoms with Gasteiger partial charge in [-0.25, -0.2) is 14.1 Å². The number of halogens is 1. The molecule has 1 amide bonds. The molecular weight excluding hydrogens is 443 g/mol. The Hall–Kier alpha value is -4.65. The molecule has 5 rings (SSSR count). The summed E-state index contributed by atoms with van der Waals surface area (Å²) in [7, 11) is 0. The summed E-state index contributed by atoms with van der Waals surface area (Å²) < 4.78 is 15.1. The number of aromatic nitrogens is 3. The number of anilines is 1. The van der Waals surface area contributed by atoms with Crippen LogP contribution >= 0.6 is 0 Å². The molecule has 3 aromatic carbocycles. The third-order valence-corrected chi connectivity index (χ3v) is 5.87. The predicted molar refractivity (Wildman–Crippen MR) is 133 cm³/mol. The van der Waals surface area contributed by atoms with E-state index < -0.39 is 0 Å². The van der Waals surface area contributed by atoms with Crippen molar-refractivity contribution < 1.29 is 14.0 Å². The van der Waals surface area contributed by atoms with E-state index in [0.29, 0.717) is 28.0 Å². The van der Waals surface area contributed by atoms with Gasteiger partial charge in [0.25, 0.3) is 5.91 Å². The van der Waals surface area contributed by atoms with E-state index in [9.17, 15) is 14.0 Å². The molecule has 0 bridgehead atoms. The molecule has 0 fully saturated rings. The first-order valence-corrected chi connectivity index (χ1v) is 11.0. The quantitative estimate of drug-likeness (QED) is 0.324. The van der Waals surface area contributed by atoms with Gasteiger partial charge in [0.05, 0.1) is 34.4 Å². The van der Waals surface area contributed by atoms with Crippen LogP contribution in [0.5, 0.6) is 0 Å². The van der Waals surface area contributed by atoms with Crippen LogP contribution in [0, 0.1) is 12.7 Å². The molecule has 2 heterocycles. The highest BCUT2D eigenvalue weighted by molar-refractivity contribution is 6.13. The molecular formula is C28H21FN4O2. The number of benzene rings is 3. The van der Waals surface area contributed by atoms with Crippen molar-refractivity contribution in [3.05, 3.63) is 108 Å². The average molecular weight is 465 g/mol. The van der Waals surface area contributed by atoms with Gasteiger partial charge in [-0.2, -0.15) is 5.10 Å². The van der Waals surface area contributed by atoms with Crippen LogP contribution in [0.25, 0.3) is 27.8 Å². The number of carbonyl (C=O) groups excluding carboxylic acids is 2. The Bertz CT molecular complexity index is 1570. The molecule has 0 saturated carbocycles.